The van der Waals surface area contributed by atoms with Crippen LogP contribution in [0.2, 0.25) is 0 Å². The van der Waals surface area contributed by atoms with Gasteiger partial charge in [-0.2, -0.15) is 0 Å². The molecule has 1 aliphatic rings. The molecule has 1 aliphatic heterocycles. The van der Waals surface area contributed by atoms with E-state index < -0.39 is 0 Å². The Kier molecular flexibility index (Phi) is 4.65. The lowest BCUT2D eigenvalue weighted by molar-refractivity contribution is -0.149. The molecule has 0 spiro atoms. The van der Waals surface area contributed by atoms with E-state index in [1.54, 1.807) is 0 Å². The summed E-state index contributed by atoms with van der Waals surface area (Å²) in [5.74, 6) is 0.604. The van der Waals surface area contributed by atoms with Crippen LogP contribution < -0.4 is 10.1 Å². The SMILES string of the molecule is CCOC(=O)C1CNCC1(C)c1ccc(OCC)cc1. The van der Waals surface area contributed by atoms with Crippen LogP contribution in [0, 0.1) is 5.92 Å². The molecule has 1 fully saturated rings. The van der Waals surface area contributed by atoms with Crippen molar-refractivity contribution in [1.29, 1.82) is 0 Å². The van der Waals surface area contributed by atoms with E-state index in [0.717, 1.165) is 17.9 Å². The van der Waals surface area contributed by atoms with Crippen LogP contribution in [0.5, 0.6) is 5.75 Å². The first-order chi connectivity index (χ1) is 9.61. The molecule has 1 heterocycles. The number of esters is 1. The van der Waals surface area contributed by atoms with E-state index in [2.05, 4.69) is 12.2 Å². The lowest BCUT2D eigenvalue weighted by Crippen LogP contribution is -2.37. The average Bonchev–Trinajstić information content (AvgIpc) is 2.83. The fraction of sp³-hybridized carbons (Fsp3) is 0.562. The minimum Gasteiger partial charge on any atom is -0.494 e. The van der Waals surface area contributed by atoms with Gasteiger partial charge in [-0.25, -0.2) is 0 Å². The molecular weight excluding hydrogens is 254 g/mol. The van der Waals surface area contributed by atoms with E-state index in [-0.39, 0.29) is 17.3 Å². The molecule has 2 unspecified atom stereocenters. The summed E-state index contributed by atoms with van der Waals surface area (Å²) in [5, 5.41) is 3.31. The van der Waals surface area contributed by atoms with Crippen molar-refractivity contribution in [2.45, 2.75) is 26.2 Å². The third-order valence-electron chi connectivity index (χ3n) is 4.01. The molecule has 1 aromatic carbocycles. The number of hydrogen-bond donors (Lipinski definition) is 1. The highest BCUT2D eigenvalue weighted by atomic mass is 16.5. The minimum atomic E-state index is -0.225. The molecule has 20 heavy (non-hydrogen) atoms. The number of hydrogen-bond acceptors (Lipinski definition) is 4. The van der Waals surface area contributed by atoms with Gasteiger partial charge in [-0.05, 0) is 31.5 Å². The first-order valence-corrected chi connectivity index (χ1v) is 7.22. The number of carbonyl (C=O) groups excluding carboxylic acids is 1. The molecule has 0 bridgehead atoms. The van der Waals surface area contributed by atoms with Crippen LogP contribution in [0.3, 0.4) is 0 Å². The molecular formula is C16H23NO3. The first kappa shape index (κ1) is 14.9. The highest BCUT2D eigenvalue weighted by Crippen LogP contribution is 2.36. The van der Waals surface area contributed by atoms with Crippen LogP contribution in [0.4, 0.5) is 0 Å². The highest BCUT2D eigenvalue weighted by Gasteiger charge is 2.45. The summed E-state index contributed by atoms with van der Waals surface area (Å²) in [6.45, 7) is 8.46. The third-order valence-corrected chi connectivity index (χ3v) is 4.01. The van der Waals surface area contributed by atoms with E-state index in [9.17, 15) is 4.79 Å². The summed E-state index contributed by atoms with van der Waals surface area (Å²) in [5.41, 5.74) is 0.917. The van der Waals surface area contributed by atoms with Crippen LogP contribution >= 0.6 is 0 Å². The fourth-order valence-corrected chi connectivity index (χ4v) is 2.81. The summed E-state index contributed by atoms with van der Waals surface area (Å²) in [6.07, 6.45) is 0. The number of ether oxygens (including phenoxy) is 2. The molecule has 1 aromatic rings. The molecule has 4 nitrogen and oxygen atoms in total. The van der Waals surface area contributed by atoms with Crippen LogP contribution in [0.25, 0.3) is 0 Å². The van der Waals surface area contributed by atoms with Gasteiger partial charge in [-0.15, -0.1) is 0 Å². The Morgan fingerprint density at radius 2 is 2.00 bits per heavy atom. The Morgan fingerprint density at radius 1 is 1.30 bits per heavy atom. The van der Waals surface area contributed by atoms with Gasteiger partial charge in [0.1, 0.15) is 5.75 Å². The molecule has 4 heteroatoms. The largest absolute Gasteiger partial charge is 0.494 e. The van der Waals surface area contributed by atoms with Gasteiger partial charge in [-0.3, -0.25) is 4.79 Å². The lowest BCUT2D eigenvalue weighted by Gasteiger charge is -2.29. The minimum absolute atomic E-state index is 0.117. The van der Waals surface area contributed by atoms with Crippen molar-refractivity contribution in [1.82, 2.24) is 5.32 Å². The lowest BCUT2D eigenvalue weighted by atomic mass is 9.74. The van der Waals surface area contributed by atoms with Crippen molar-refractivity contribution in [3.05, 3.63) is 29.8 Å². The van der Waals surface area contributed by atoms with E-state index in [1.807, 2.05) is 38.1 Å². The molecule has 0 amide bonds. The second-order valence-electron chi connectivity index (χ2n) is 5.31. The molecule has 2 atom stereocenters. The van der Waals surface area contributed by atoms with E-state index in [4.69, 9.17) is 9.47 Å². The van der Waals surface area contributed by atoms with Crippen LogP contribution in [0.15, 0.2) is 24.3 Å². The third kappa shape index (κ3) is 2.80. The fourth-order valence-electron chi connectivity index (χ4n) is 2.81. The maximum absolute atomic E-state index is 12.1. The predicted octanol–water partition coefficient (Wildman–Crippen LogP) is 2.13. The maximum Gasteiger partial charge on any atom is 0.311 e. The van der Waals surface area contributed by atoms with Crippen molar-refractivity contribution in [2.75, 3.05) is 26.3 Å². The van der Waals surface area contributed by atoms with Crippen LogP contribution in [-0.4, -0.2) is 32.3 Å². The summed E-state index contributed by atoms with van der Waals surface area (Å²) in [7, 11) is 0. The number of rotatable bonds is 5. The zero-order valence-electron chi connectivity index (χ0n) is 12.4. The zero-order chi connectivity index (χ0) is 14.6. The van der Waals surface area contributed by atoms with Gasteiger partial charge < -0.3 is 14.8 Å². The second-order valence-corrected chi connectivity index (χ2v) is 5.31. The molecule has 0 saturated carbocycles. The van der Waals surface area contributed by atoms with E-state index >= 15 is 0 Å². The van der Waals surface area contributed by atoms with Crippen molar-refractivity contribution in [2.24, 2.45) is 5.92 Å². The van der Waals surface area contributed by atoms with Gasteiger partial charge in [0.2, 0.25) is 0 Å². The summed E-state index contributed by atoms with van der Waals surface area (Å²) >= 11 is 0. The molecule has 0 radical (unpaired) electrons. The van der Waals surface area contributed by atoms with Gasteiger partial charge in [-0.1, -0.05) is 19.1 Å². The van der Waals surface area contributed by atoms with Crippen molar-refractivity contribution in [3.63, 3.8) is 0 Å². The van der Waals surface area contributed by atoms with Gasteiger partial charge in [0.25, 0.3) is 0 Å². The first-order valence-electron chi connectivity index (χ1n) is 7.22. The second kappa shape index (κ2) is 6.27. The topological polar surface area (TPSA) is 47.6 Å². The van der Waals surface area contributed by atoms with Crippen molar-refractivity contribution >= 4 is 5.97 Å². The maximum atomic E-state index is 12.1. The summed E-state index contributed by atoms with van der Waals surface area (Å²) < 4.78 is 10.7. The number of nitrogens with one attached hydrogen (secondary N) is 1. The highest BCUT2D eigenvalue weighted by molar-refractivity contribution is 5.75. The van der Waals surface area contributed by atoms with Crippen LogP contribution in [0.1, 0.15) is 26.3 Å². The Balaban J connectivity index is 2.21. The summed E-state index contributed by atoms with van der Waals surface area (Å²) in [6, 6.07) is 8.02. The Bertz CT molecular complexity index is 457. The molecule has 2 rings (SSSR count). The zero-order valence-corrected chi connectivity index (χ0v) is 12.4. The number of benzene rings is 1. The van der Waals surface area contributed by atoms with Crippen molar-refractivity contribution in [3.8, 4) is 5.75 Å². The predicted molar refractivity (Wildman–Crippen MR) is 78.0 cm³/mol. The van der Waals surface area contributed by atoms with Gasteiger partial charge in [0, 0.05) is 18.5 Å². The average molecular weight is 277 g/mol. The number of carbonyl (C=O) groups is 1. The Morgan fingerprint density at radius 3 is 2.60 bits per heavy atom. The van der Waals surface area contributed by atoms with E-state index in [1.165, 1.54) is 0 Å². The van der Waals surface area contributed by atoms with E-state index in [0.29, 0.717) is 19.8 Å². The van der Waals surface area contributed by atoms with Crippen LogP contribution in [-0.2, 0) is 14.9 Å². The molecule has 1 N–H and O–H groups in total. The monoisotopic (exact) mass is 277 g/mol. The normalized spacial score (nSPS) is 25.4. The Labute approximate surface area is 120 Å². The van der Waals surface area contributed by atoms with Gasteiger partial charge in [0.05, 0.1) is 19.1 Å². The quantitative estimate of drug-likeness (QED) is 0.838. The summed E-state index contributed by atoms with van der Waals surface area (Å²) in [4.78, 5) is 12.1. The van der Waals surface area contributed by atoms with Gasteiger partial charge >= 0.3 is 5.97 Å². The van der Waals surface area contributed by atoms with Crippen molar-refractivity contribution < 1.29 is 14.3 Å². The molecule has 0 aliphatic carbocycles. The molecule has 1 saturated heterocycles. The van der Waals surface area contributed by atoms with Gasteiger partial charge in [0.15, 0.2) is 0 Å². The smallest absolute Gasteiger partial charge is 0.311 e. The molecule has 110 valence electrons. The standard InChI is InChI=1S/C16H23NO3/c1-4-19-13-8-6-12(7-9-13)16(3)11-17-10-14(16)15(18)20-5-2/h6-9,14,17H,4-5,10-11H2,1-3H3. The molecule has 0 aromatic heterocycles. The Hall–Kier alpha value is -1.55.